The normalized spacial score (nSPS) is 10.8. The minimum absolute atomic E-state index is 0.248. The van der Waals surface area contributed by atoms with E-state index in [4.69, 9.17) is 4.42 Å². The Hall–Kier alpha value is -2.56. The fourth-order valence-electron chi connectivity index (χ4n) is 1.59. The van der Waals surface area contributed by atoms with E-state index in [1.165, 1.54) is 6.07 Å². The summed E-state index contributed by atoms with van der Waals surface area (Å²) in [6.07, 6.45) is 3.56. The molecule has 0 N–H and O–H groups in total. The van der Waals surface area contributed by atoms with Crippen LogP contribution in [-0.2, 0) is 0 Å². The Labute approximate surface area is 110 Å². The van der Waals surface area contributed by atoms with Gasteiger partial charge in [0.25, 0.3) is 0 Å². The van der Waals surface area contributed by atoms with Crippen LogP contribution in [0.15, 0.2) is 40.8 Å². The molecule has 0 aliphatic carbocycles. The highest BCUT2D eigenvalue weighted by Crippen LogP contribution is 2.18. The van der Waals surface area contributed by atoms with E-state index >= 15 is 0 Å². The van der Waals surface area contributed by atoms with Gasteiger partial charge in [-0.15, -0.1) is 0 Å². The second kappa shape index (κ2) is 5.39. The Balaban J connectivity index is 2.11. The number of anilines is 1. The first-order valence-electron chi connectivity index (χ1n) is 5.76. The van der Waals surface area contributed by atoms with Crippen LogP contribution in [0.5, 0.6) is 0 Å². The van der Waals surface area contributed by atoms with E-state index in [2.05, 4.69) is 0 Å². The van der Waals surface area contributed by atoms with Gasteiger partial charge in [0.1, 0.15) is 10.7 Å². The van der Waals surface area contributed by atoms with E-state index in [1.54, 1.807) is 12.1 Å². The zero-order valence-corrected chi connectivity index (χ0v) is 10.7. The molecule has 2 aromatic rings. The van der Waals surface area contributed by atoms with Crippen molar-refractivity contribution in [3.05, 3.63) is 57.8 Å². The summed E-state index contributed by atoms with van der Waals surface area (Å²) in [5.41, 5.74) is 2.12. The molecule has 0 aliphatic rings. The highest BCUT2D eigenvalue weighted by atomic mass is 16.6. The fraction of sp³-hybridized carbons (Fsp3) is 0.143. The van der Waals surface area contributed by atoms with Crippen LogP contribution in [-0.4, -0.2) is 19.0 Å². The van der Waals surface area contributed by atoms with Crippen molar-refractivity contribution in [2.75, 3.05) is 19.0 Å². The standard InChI is InChI=1S/C14H14N2O3/c1-15(2)12-6-3-11(4-7-12)5-8-13-9-10-14(19-13)16(17)18/h3-10H,1-2H3/b8-5+. The van der Waals surface area contributed by atoms with E-state index in [0.29, 0.717) is 5.76 Å². The zero-order chi connectivity index (χ0) is 13.8. The molecule has 1 aromatic carbocycles. The molecule has 19 heavy (non-hydrogen) atoms. The van der Waals surface area contributed by atoms with Crippen LogP contribution in [0.2, 0.25) is 0 Å². The molecule has 5 nitrogen and oxygen atoms in total. The quantitative estimate of drug-likeness (QED) is 0.622. The van der Waals surface area contributed by atoms with E-state index in [9.17, 15) is 10.1 Å². The third-order valence-electron chi connectivity index (χ3n) is 2.64. The van der Waals surface area contributed by atoms with Crippen LogP contribution in [0.3, 0.4) is 0 Å². The van der Waals surface area contributed by atoms with Crippen molar-refractivity contribution in [1.82, 2.24) is 0 Å². The topological polar surface area (TPSA) is 59.5 Å². The minimum atomic E-state index is -0.552. The monoisotopic (exact) mass is 258 g/mol. The lowest BCUT2D eigenvalue weighted by molar-refractivity contribution is -0.402. The van der Waals surface area contributed by atoms with Gasteiger partial charge >= 0.3 is 5.88 Å². The van der Waals surface area contributed by atoms with Crippen LogP contribution in [0, 0.1) is 10.1 Å². The molecule has 5 heteroatoms. The van der Waals surface area contributed by atoms with Crippen molar-refractivity contribution < 1.29 is 9.34 Å². The van der Waals surface area contributed by atoms with Gasteiger partial charge in [0.05, 0.1) is 6.07 Å². The molecular formula is C14H14N2O3. The van der Waals surface area contributed by atoms with E-state index in [1.807, 2.05) is 49.3 Å². The summed E-state index contributed by atoms with van der Waals surface area (Å²) in [5.74, 6) is 0.214. The summed E-state index contributed by atoms with van der Waals surface area (Å²) < 4.78 is 5.03. The predicted octanol–water partition coefficient (Wildman–Crippen LogP) is 3.42. The molecule has 1 aromatic heterocycles. The summed E-state index contributed by atoms with van der Waals surface area (Å²) >= 11 is 0. The Morgan fingerprint density at radius 1 is 1.11 bits per heavy atom. The second-order valence-corrected chi connectivity index (χ2v) is 4.25. The Bertz CT molecular complexity index is 597. The number of rotatable bonds is 4. The third kappa shape index (κ3) is 3.22. The minimum Gasteiger partial charge on any atom is -0.401 e. The molecule has 0 radical (unpaired) electrons. The molecule has 1 heterocycles. The van der Waals surface area contributed by atoms with E-state index in [-0.39, 0.29) is 5.88 Å². The average molecular weight is 258 g/mol. The molecule has 0 atom stereocenters. The maximum atomic E-state index is 10.5. The van der Waals surface area contributed by atoms with Crippen molar-refractivity contribution in [1.29, 1.82) is 0 Å². The van der Waals surface area contributed by atoms with Gasteiger partial charge < -0.3 is 9.32 Å². The van der Waals surface area contributed by atoms with Crippen molar-refractivity contribution in [3.63, 3.8) is 0 Å². The number of furan rings is 1. The van der Waals surface area contributed by atoms with Gasteiger partial charge in [0, 0.05) is 19.8 Å². The lowest BCUT2D eigenvalue weighted by Crippen LogP contribution is -2.07. The maximum Gasteiger partial charge on any atom is 0.433 e. The molecule has 0 bridgehead atoms. The molecule has 0 amide bonds. The van der Waals surface area contributed by atoms with E-state index in [0.717, 1.165) is 11.3 Å². The smallest absolute Gasteiger partial charge is 0.401 e. The van der Waals surface area contributed by atoms with Gasteiger partial charge in [-0.3, -0.25) is 10.1 Å². The first-order valence-corrected chi connectivity index (χ1v) is 5.76. The lowest BCUT2D eigenvalue weighted by Gasteiger charge is -2.11. The highest BCUT2D eigenvalue weighted by molar-refractivity contribution is 5.68. The van der Waals surface area contributed by atoms with Crippen LogP contribution in [0.1, 0.15) is 11.3 Å². The van der Waals surface area contributed by atoms with Gasteiger partial charge in [0.15, 0.2) is 0 Å². The molecule has 0 unspecified atom stereocenters. The van der Waals surface area contributed by atoms with Crippen LogP contribution in [0.4, 0.5) is 11.6 Å². The predicted molar refractivity (Wildman–Crippen MR) is 75.1 cm³/mol. The summed E-state index contributed by atoms with van der Waals surface area (Å²) in [6.45, 7) is 0. The van der Waals surface area contributed by atoms with Crippen LogP contribution in [0.25, 0.3) is 12.2 Å². The highest BCUT2D eigenvalue weighted by Gasteiger charge is 2.09. The first-order chi connectivity index (χ1) is 9.06. The molecule has 2 rings (SSSR count). The fourth-order valence-corrected chi connectivity index (χ4v) is 1.59. The van der Waals surface area contributed by atoms with Gasteiger partial charge in [-0.2, -0.15) is 0 Å². The average Bonchev–Trinajstić information content (AvgIpc) is 2.86. The van der Waals surface area contributed by atoms with Gasteiger partial charge in [-0.1, -0.05) is 18.2 Å². The summed E-state index contributed by atoms with van der Waals surface area (Å²) in [5, 5.41) is 10.5. The van der Waals surface area contributed by atoms with Crippen molar-refractivity contribution in [2.45, 2.75) is 0 Å². The molecule has 98 valence electrons. The van der Waals surface area contributed by atoms with Crippen molar-refractivity contribution in [3.8, 4) is 0 Å². The maximum absolute atomic E-state index is 10.5. The number of hydrogen-bond donors (Lipinski definition) is 0. The second-order valence-electron chi connectivity index (χ2n) is 4.25. The molecular weight excluding hydrogens is 244 g/mol. The first kappa shape index (κ1) is 12.9. The Morgan fingerprint density at radius 2 is 1.79 bits per heavy atom. The molecule has 0 aliphatic heterocycles. The van der Waals surface area contributed by atoms with Gasteiger partial charge in [-0.05, 0) is 29.8 Å². The number of nitrogens with zero attached hydrogens (tertiary/aromatic N) is 2. The van der Waals surface area contributed by atoms with Crippen LogP contribution >= 0.6 is 0 Å². The SMILES string of the molecule is CN(C)c1ccc(/C=C/c2ccc([N+](=O)[O-])o2)cc1. The van der Waals surface area contributed by atoms with Gasteiger partial charge in [0.2, 0.25) is 0 Å². The molecule has 0 spiro atoms. The third-order valence-corrected chi connectivity index (χ3v) is 2.64. The molecule has 0 saturated heterocycles. The number of nitro groups is 1. The largest absolute Gasteiger partial charge is 0.433 e. The van der Waals surface area contributed by atoms with Crippen molar-refractivity contribution >= 4 is 23.7 Å². The van der Waals surface area contributed by atoms with E-state index < -0.39 is 4.92 Å². The van der Waals surface area contributed by atoms with Gasteiger partial charge in [-0.25, -0.2) is 0 Å². The zero-order valence-electron chi connectivity index (χ0n) is 10.7. The number of hydrogen-bond acceptors (Lipinski definition) is 4. The molecule has 0 saturated carbocycles. The summed E-state index contributed by atoms with van der Waals surface area (Å²) in [6, 6.07) is 10.9. The summed E-state index contributed by atoms with van der Waals surface area (Å²) in [4.78, 5) is 11.9. The van der Waals surface area contributed by atoms with Crippen LogP contribution < -0.4 is 4.90 Å². The lowest BCUT2D eigenvalue weighted by atomic mass is 10.2. The number of benzene rings is 1. The molecule has 0 fully saturated rings. The Morgan fingerprint density at radius 3 is 2.32 bits per heavy atom. The van der Waals surface area contributed by atoms with Crippen molar-refractivity contribution in [2.24, 2.45) is 0 Å². The Kier molecular flexibility index (Phi) is 3.66. The summed E-state index contributed by atoms with van der Waals surface area (Å²) in [7, 11) is 3.96.